The Morgan fingerprint density at radius 3 is 1.58 bits per heavy atom. The van der Waals surface area contributed by atoms with Gasteiger partial charge >= 0.3 is 6.01 Å². The Morgan fingerprint density at radius 1 is 0.587 bits per heavy atom. The van der Waals surface area contributed by atoms with E-state index in [0.29, 0.717) is 48.5 Å². The molecule has 5 amide bonds. The van der Waals surface area contributed by atoms with Crippen molar-refractivity contribution in [2.24, 2.45) is 5.41 Å². The second-order valence-electron chi connectivity index (χ2n) is 26.7. The number of likely N-dealkylation sites (tertiary alicyclic amines) is 1. The molecule has 2 saturated heterocycles. The number of rotatable bonds is 16. The molecular weight excluding hydrogens is 1310 g/mol. The molecule has 23 heteroatoms. The van der Waals surface area contributed by atoms with E-state index in [9.17, 15) is 39.3 Å². The van der Waals surface area contributed by atoms with E-state index < -0.39 is 0 Å². The number of hydrogen-bond acceptors (Lipinski definition) is 18. The Hall–Kier alpha value is -11.6. The number of nitrogens with zero attached hydrogens (tertiary/aromatic N) is 12. The summed E-state index contributed by atoms with van der Waals surface area (Å²) in [6.07, 6.45) is 9.74. The Labute approximate surface area is 607 Å². The molecule has 0 bridgehead atoms. The molecule has 0 aliphatic carbocycles. The van der Waals surface area contributed by atoms with Crippen molar-refractivity contribution in [1.82, 2.24) is 39.5 Å². The van der Waals surface area contributed by atoms with Gasteiger partial charge < -0.3 is 70.7 Å². The van der Waals surface area contributed by atoms with Crippen molar-refractivity contribution in [3.63, 3.8) is 0 Å². The van der Waals surface area contributed by atoms with Crippen LogP contribution in [0.2, 0.25) is 0 Å². The predicted molar refractivity (Wildman–Crippen MR) is 412 cm³/mol. The zero-order valence-electron chi connectivity index (χ0n) is 60.5. The Balaban J connectivity index is 0.000000150. The third-order valence-electron chi connectivity index (χ3n) is 19.1. The van der Waals surface area contributed by atoms with Crippen molar-refractivity contribution >= 4 is 96.1 Å². The van der Waals surface area contributed by atoms with Gasteiger partial charge in [0.15, 0.2) is 0 Å². The first-order chi connectivity index (χ1) is 50.0. The number of aromatic hydroxyl groups is 3. The minimum absolute atomic E-state index is 0.00543. The van der Waals surface area contributed by atoms with Gasteiger partial charge in [-0.1, -0.05) is 99.5 Å². The SMILES string of the molecule is C=CC(=O)N(CC)CC.C=CC(=O)N(CC)CCC.C=CC(=O)N1CC2(C1)CN(c1ccnc3c1CC(=O)N(c1cc(O)cc4ccccc14)C3)C2.C[C@H](CN(C)C)Oc1nc(N)c2c(n1)CN(c1cc(O)cc3ccccc13)CC2.Nc1ccnc2c1CC(=O)N(c1cc(O)cc3ccccc13)C2. The van der Waals surface area contributed by atoms with Crippen LogP contribution in [0.5, 0.6) is 23.3 Å². The highest BCUT2D eigenvalue weighted by molar-refractivity contribution is 6.07. The lowest BCUT2D eigenvalue weighted by Crippen LogP contribution is -2.73. The maximum atomic E-state index is 13.3. The van der Waals surface area contributed by atoms with Crippen LogP contribution in [0.3, 0.4) is 0 Å². The maximum absolute atomic E-state index is 13.3. The number of anilines is 6. The fourth-order valence-electron chi connectivity index (χ4n) is 14.1. The first-order valence-electron chi connectivity index (χ1n) is 35.2. The number of fused-ring (bicyclic) bond motifs is 6. The van der Waals surface area contributed by atoms with Gasteiger partial charge in [0.25, 0.3) is 0 Å². The van der Waals surface area contributed by atoms with Crippen LogP contribution in [0, 0.1) is 5.41 Å². The molecular formula is C81H94N14O9. The van der Waals surface area contributed by atoms with Gasteiger partial charge in [0.2, 0.25) is 29.5 Å². The first kappa shape index (κ1) is 75.1. The third kappa shape index (κ3) is 17.1. The van der Waals surface area contributed by atoms with Crippen molar-refractivity contribution in [1.29, 1.82) is 0 Å². The molecule has 14 rings (SSSR count). The van der Waals surface area contributed by atoms with Crippen molar-refractivity contribution < 1.29 is 44.0 Å². The quantitative estimate of drug-likeness (QED) is 0.0562. The number of carbonyl (C=O) groups excluding carboxylic acids is 5. The highest BCUT2D eigenvalue weighted by Gasteiger charge is 2.53. The van der Waals surface area contributed by atoms with E-state index >= 15 is 0 Å². The Kier molecular flexibility index (Phi) is 24.2. The van der Waals surface area contributed by atoms with Crippen molar-refractivity contribution in [3.8, 4) is 23.3 Å². The zero-order chi connectivity index (χ0) is 74.5. The Bertz CT molecular complexity index is 4680. The van der Waals surface area contributed by atoms with Crippen molar-refractivity contribution in [2.75, 3.05) is 111 Å². The maximum Gasteiger partial charge on any atom is 0.318 e. The molecule has 0 radical (unpaired) electrons. The number of hydrogen-bond donors (Lipinski definition) is 5. The number of nitrogen functional groups attached to an aromatic ring is 2. The number of phenols is 3. The molecule has 1 spiro atoms. The fourth-order valence-corrected chi connectivity index (χ4v) is 14.1. The molecule has 6 aromatic carbocycles. The summed E-state index contributed by atoms with van der Waals surface area (Å²) in [5.41, 5.74) is 21.7. The van der Waals surface area contributed by atoms with Crippen LogP contribution in [0.15, 0.2) is 172 Å². The van der Waals surface area contributed by atoms with Crippen LogP contribution >= 0.6 is 0 Å². The van der Waals surface area contributed by atoms with Crippen LogP contribution in [-0.4, -0.2) is 170 Å². The summed E-state index contributed by atoms with van der Waals surface area (Å²) in [5, 5.41) is 36.2. The summed E-state index contributed by atoms with van der Waals surface area (Å²) >= 11 is 0. The van der Waals surface area contributed by atoms with E-state index in [0.717, 1.165) is 156 Å². The van der Waals surface area contributed by atoms with Gasteiger partial charge in [-0.25, -0.2) is 0 Å². The van der Waals surface area contributed by atoms with Gasteiger partial charge in [0.1, 0.15) is 29.2 Å². The molecule has 0 unspecified atom stereocenters. The topological polar surface area (TPSA) is 285 Å². The number of pyridine rings is 2. The van der Waals surface area contributed by atoms with Crippen LogP contribution in [0.25, 0.3) is 32.3 Å². The number of aromatic nitrogens is 4. The fraction of sp³-hybridized carbons (Fsp3) is 0.321. The average molecular weight is 1410 g/mol. The number of amides is 5. The van der Waals surface area contributed by atoms with Gasteiger partial charge in [-0.2, -0.15) is 9.97 Å². The van der Waals surface area contributed by atoms with Gasteiger partial charge in [0, 0.05) is 151 Å². The molecule has 104 heavy (non-hydrogen) atoms. The van der Waals surface area contributed by atoms with Gasteiger partial charge in [0.05, 0.1) is 60.9 Å². The van der Waals surface area contributed by atoms with E-state index in [4.69, 9.17) is 16.2 Å². The summed E-state index contributed by atoms with van der Waals surface area (Å²) in [6, 6.07) is 37.8. The van der Waals surface area contributed by atoms with E-state index in [1.165, 1.54) is 18.2 Å². The number of ether oxygens (including phenoxy) is 1. The number of benzene rings is 6. The van der Waals surface area contributed by atoms with E-state index in [1.807, 2.05) is 132 Å². The summed E-state index contributed by atoms with van der Waals surface area (Å²) in [4.78, 5) is 92.7. The number of carbonyl (C=O) groups is 5. The van der Waals surface area contributed by atoms with Gasteiger partial charge in [-0.15, -0.1) is 0 Å². The molecule has 1 atom stereocenters. The molecule has 542 valence electrons. The lowest BCUT2D eigenvalue weighted by molar-refractivity contribution is -0.139. The summed E-state index contributed by atoms with van der Waals surface area (Å²) < 4.78 is 5.90. The first-order valence-corrected chi connectivity index (χ1v) is 35.2. The molecule has 3 aromatic heterocycles. The molecule has 9 aromatic rings. The number of nitrogens with two attached hydrogens (primary N) is 2. The smallest absolute Gasteiger partial charge is 0.318 e. The summed E-state index contributed by atoms with van der Waals surface area (Å²) in [5.74, 6) is 1.00. The molecule has 5 aliphatic rings. The molecule has 2 fully saturated rings. The number of phenolic OH excluding ortho intramolecular Hbond substituents is 3. The Morgan fingerprint density at radius 2 is 1.08 bits per heavy atom. The van der Waals surface area contributed by atoms with Crippen molar-refractivity contribution in [2.45, 2.75) is 86.0 Å². The third-order valence-corrected chi connectivity index (χ3v) is 19.1. The van der Waals surface area contributed by atoms with Crippen LogP contribution in [-0.2, 0) is 62.9 Å². The summed E-state index contributed by atoms with van der Waals surface area (Å²) in [6.45, 7) is 29.6. The lowest BCUT2D eigenvalue weighted by Gasteiger charge is -2.61. The largest absolute Gasteiger partial charge is 0.508 e. The second-order valence-corrected chi connectivity index (χ2v) is 26.7. The number of likely N-dealkylation sites (N-methyl/N-ethyl adjacent to an activating group) is 3. The highest BCUT2D eigenvalue weighted by atomic mass is 16.5. The second kappa shape index (κ2) is 33.5. The molecule has 0 saturated carbocycles. The van der Waals surface area contributed by atoms with E-state index in [1.54, 1.807) is 62.2 Å². The minimum atomic E-state index is -0.0482. The summed E-state index contributed by atoms with van der Waals surface area (Å²) in [7, 11) is 4.00. The normalized spacial score (nSPS) is 14.8. The standard InChI is InChI=1S/C26H24N4O3.C22H27N5O2.C18H15N3O2.C8H15NO.C7H13NO/c1-2-24(32)29-15-26(16-29)13-28(14-26)22-7-8-27-21-12-30(25(33)11-20(21)22)23-10-18(31)9-17-5-3-4-6-19(17)23;1-14(12-26(2)3)29-22-24-19-13-27(9-8-18(19)21(23)25-22)20-11-16(28)10-15-6-4-5-7-17(15)20;19-15-5-6-20-16-10-21(18(23)9-14(15)16)17-8-12(22)7-11-3-1-2-4-13(11)17;1-4-7-9(6-3)8(10)5-2;1-4-7(9)8(5-2)6-3/h2-10,31H,1,11-16H2;4-7,10-11,14,28H,8-9,12-13H2,1-3H3,(H2,23,24,25);1-8,22H,9-10H2,(H2,19,20);5H,2,4,6-7H2,1,3H3;4H,1,5-6H2,2-3H3/t;14-;;;/m.1.../s1. The van der Waals surface area contributed by atoms with Gasteiger partial charge in [-0.05, 0) is 119 Å². The van der Waals surface area contributed by atoms with Crippen LogP contribution < -0.4 is 35.8 Å². The predicted octanol–water partition coefficient (Wildman–Crippen LogP) is 10.8. The monoisotopic (exact) mass is 1410 g/mol. The molecule has 8 heterocycles. The van der Waals surface area contributed by atoms with Crippen molar-refractivity contribution in [3.05, 3.63) is 205 Å². The zero-order valence-corrected chi connectivity index (χ0v) is 60.5. The molecule has 7 N–H and O–H groups in total. The van der Waals surface area contributed by atoms with Crippen LogP contribution in [0.4, 0.5) is 34.3 Å². The average Bonchev–Trinajstić information content (AvgIpc) is 0.725. The minimum Gasteiger partial charge on any atom is -0.508 e. The van der Waals surface area contributed by atoms with E-state index in [-0.39, 0.29) is 71.1 Å². The molecule has 5 aliphatic heterocycles. The highest BCUT2D eigenvalue weighted by Crippen LogP contribution is 2.45. The molecule has 23 nitrogen and oxygen atoms in total. The van der Waals surface area contributed by atoms with Crippen LogP contribution in [0.1, 0.15) is 74.8 Å². The van der Waals surface area contributed by atoms with E-state index in [2.05, 4.69) is 67.4 Å². The lowest BCUT2D eigenvalue weighted by atomic mass is 9.72. The van der Waals surface area contributed by atoms with Gasteiger partial charge in [-0.3, -0.25) is 33.9 Å².